The van der Waals surface area contributed by atoms with E-state index in [1.54, 1.807) is 0 Å². The summed E-state index contributed by atoms with van der Waals surface area (Å²) in [5.41, 5.74) is 0. The number of fused-ring (bicyclic) bond motifs is 1. The average Bonchev–Trinajstić information content (AvgIpc) is 2.53. The zero-order valence-electron chi connectivity index (χ0n) is 14.0. The quantitative estimate of drug-likeness (QED) is 0.579. The average molecular weight is 311 g/mol. The van der Waals surface area contributed by atoms with E-state index in [0.717, 1.165) is 26.3 Å². The number of carbonyl (C=O) groups excluding carboxylic acids is 1. The van der Waals surface area contributed by atoms with Gasteiger partial charge in [-0.1, -0.05) is 0 Å². The lowest BCUT2D eigenvalue weighted by molar-refractivity contribution is -0.947. The fourth-order valence-electron chi connectivity index (χ4n) is 4.62. The minimum atomic E-state index is -0.0579. The van der Waals surface area contributed by atoms with Crippen LogP contribution in [-0.4, -0.2) is 81.0 Å². The number of nitrogens with zero attached hydrogens (tertiary/aromatic N) is 2. The van der Waals surface area contributed by atoms with Gasteiger partial charge in [-0.3, -0.25) is 9.69 Å². The summed E-state index contributed by atoms with van der Waals surface area (Å²) in [6, 6.07) is 0.707. The topological polar surface area (TPSA) is 38.8 Å². The number of piperidine rings is 2. The van der Waals surface area contributed by atoms with Crippen LogP contribution in [-0.2, 0) is 14.3 Å². The number of hydrogen-bond donors (Lipinski definition) is 0. The fraction of sp³-hybridized carbons (Fsp3) is 0.941. The summed E-state index contributed by atoms with van der Waals surface area (Å²) >= 11 is 0. The standard InChI is InChI=1S/C17H31N2O3/c1-19-9-3-2-6-16(19)15(5-4-10-19)14-22-17(20)13-18-7-11-21-12-8-18/h15-16H,2-14H2,1H3/q+1/t15-,16-,19+/m0/s1. The van der Waals surface area contributed by atoms with Crippen LogP contribution in [0.4, 0.5) is 0 Å². The second kappa shape index (κ2) is 7.28. The van der Waals surface area contributed by atoms with Gasteiger partial charge in [-0.15, -0.1) is 0 Å². The molecule has 0 spiro atoms. The van der Waals surface area contributed by atoms with Gasteiger partial charge >= 0.3 is 5.97 Å². The van der Waals surface area contributed by atoms with E-state index in [9.17, 15) is 4.79 Å². The van der Waals surface area contributed by atoms with Gasteiger partial charge in [-0.25, -0.2) is 0 Å². The molecular formula is C17H31N2O3+. The third-order valence-electron chi connectivity index (χ3n) is 5.92. The Morgan fingerprint density at radius 2 is 1.95 bits per heavy atom. The molecule has 0 aliphatic carbocycles. The first-order valence-corrected chi connectivity index (χ1v) is 8.97. The molecule has 5 nitrogen and oxygen atoms in total. The Morgan fingerprint density at radius 1 is 1.18 bits per heavy atom. The lowest BCUT2D eigenvalue weighted by Crippen LogP contribution is -2.61. The van der Waals surface area contributed by atoms with Crippen LogP contribution in [0.15, 0.2) is 0 Å². The molecule has 3 aliphatic rings. The number of carbonyl (C=O) groups is 1. The van der Waals surface area contributed by atoms with Crippen molar-refractivity contribution >= 4 is 5.97 Å². The molecule has 3 atom stereocenters. The molecule has 3 fully saturated rings. The van der Waals surface area contributed by atoms with Crippen molar-refractivity contribution in [1.82, 2.24) is 4.90 Å². The number of quaternary nitrogens is 1. The van der Waals surface area contributed by atoms with E-state index in [0.29, 0.717) is 25.1 Å². The summed E-state index contributed by atoms with van der Waals surface area (Å²) in [5.74, 6) is 0.505. The lowest BCUT2D eigenvalue weighted by atomic mass is 9.82. The zero-order valence-corrected chi connectivity index (χ0v) is 14.0. The molecule has 3 heterocycles. The van der Waals surface area contributed by atoms with Gasteiger partial charge in [-0.05, 0) is 25.7 Å². The van der Waals surface area contributed by atoms with Crippen molar-refractivity contribution in [2.24, 2.45) is 5.92 Å². The third-order valence-corrected chi connectivity index (χ3v) is 5.92. The van der Waals surface area contributed by atoms with Crippen molar-refractivity contribution in [3.05, 3.63) is 0 Å². The van der Waals surface area contributed by atoms with Crippen LogP contribution in [0, 0.1) is 5.92 Å². The van der Waals surface area contributed by atoms with Crippen LogP contribution in [0.2, 0.25) is 0 Å². The van der Waals surface area contributed by atoms with Crippen LogP contribution in [0.5, 0.6) is 0 Å². The van der Waals surface area contributed by atoms with Crippen molar-refractivity contribution in [2.45, 2.75) is 38.1 Å². The van der Waals surface area contributed by atoms with Gasteiger partial charge in [0.05, 0.1) is 52.5 Å². The van der Waals surface area contributed by atoms with Gasteiger partial charge in [0.25, 0.3) is 0 Å². The van der Waals surface area contributed by atoms with Gasteiger partial charge < -0.3 is 14.0 Å². The van der Waals surface area contributed by atoms with Gasteiger partial charge in [0.2, 0.25) is 0 Å². The number of rotatable bonds is 4. The Kier molecular flexibility index (Phi) is 5.37. The monoisotopic (exact) mass is 311 g/mol. The van der Waals surface area contributed by atoms with Crippen LogP contribution < -0.4 is 0 Å². The summed E-state index contributed by atoms with van der Waals surface area (Å²) in [5, 5.41) is 0. The maximum atomic E-state index is 12.1. The highest BCUT2D eigenvalue weighted by molar-refractivity contribution is 5.71. The highest BCUT2D eigenvalue weighted by Crippen LogP contribution is 2.36. The van der Waals surface area contributed by atoms with E-state index in [1.807, 2.05) is 0 Å². The predicted octanol–water partition coefficient (Wildman–Crippen LogP) is 1.27. The largest absolute Gasteiger partial charge is 0.464 e. The molecule has 22 heavy (non-hydrogen) atoms. The first-order valence-electron chi connectivity index (χ1n) is 8.97. The zero-order chi connectivity index (χ0) is 15.4. The first-order chi connectivity index (χ1) is 10.7. The summed E-state index contributed by atoms with van der Waals surface area (Å²) in [7, 11) is 2.41. The Hall–Kier alpha value is -0.650. The molecule has 0 aromatic rings. The van der Waals surface area contributed by atoms with E-state index in [1.165, 1.54) is 49.7 Å². The molecule has 126 valence electrons. The summed E-state index contributed by atoms with van der Waals surface area (Å²) in [6.07, 6.45) is 6.51. The third kappa shape index (κ3) is 3.81. The normalized spacial score (nSPS) is 36.6. The molecule has 0 N–H and O–H groups in total. The Bertz CT molecular complexity index is 380. The highest BCUT2D eigenvalue weighted by atomic mass is 16.5. The molecule has 5 heteroatoms. The van der Waals surface area contributed by atoms with Crippen molar-refractivity contribution in [2.75, 3.05) is 59.6 Å². The molecular weight excluding hydrogens is 280 g/mol. The smallest absolute Gasteiger partial charge is 0.320 e. The predicted molar refractivity (Wildman–Crippen MR) is 84.5 cm³/mol. The van der Waals surface area contributed by atoms with E-state index in [4.69, 9.17) is 9.47 Å². The summed E-state index contributed by atoms with van der Waals surface area (Å²) in [4.78, 5) is 14.2. The molecule has 0 aromatic heterocycles. The fourth-order valence-corrected chi connectivity index (χ4v) is 4.62. The van der Waals surface area contributed by atoms with Gasteiger partial charge in [0, 0.05) is 25.4 Å². The van der Waals surface area contributed by atoms with Crippen molar-refractivity contribution in [3.8, 4) is 0 Å². The Labute approximate surface area is 134 Å². The van der Waals surface area contributed by atoms with E-state index < -0.39 is 0 Å². The molecule has 0 radical (unpaired) electrons. The minimum absolute atomic E-state index is 0.0579. The van der Waals surface area contributed by atoms with Crippen molar-refractivity contribution in [3.63, 3.8) is 0 Å². The van der Waals surface area contributed by atoms with Gasteiger partial charge in [-0.2, -0.15) is 0 Å². The van der Waals surface area contributed by atoms with Crippen LogP contribution in [0.3, 0.4) is 0 Å². The second-order valence-electron chi connectivity index (χ2n) is 7.46. The first kappa shape index (κ1) is 16.2. The number of hydrogen-bond acceptors (Lipinski definition) is 4. The van der Waals surface area contributed by atoms with Crippen LogP contribution in [0.25, 0.3) is 0 Å². The van der Waals surface area contributed by atoms with Crippen LogP contribution >= 0.6 is 0 Å². The van der Waals surface area contributed by atoms with Crippen molar-refractivity contribution in [1.29, 1.82) is 0 Å². The summed E-state index contributed by atoms with van der Waals surface area (Å²) < 4.78 is 12.2. The number of ether oxygens (including phenoxy) is 2. The summed E-state index contributed by atoms with van der Waals surface area (Å²) in [6.45, 7) is 6.81. The SMILES string of the molecule is C[N@+]12CCCC[C@H]1[C@H](COC(=O)CN1CCOCC1)CCC2. The maximum Gasteiger partial charge on any atom is 0.320 e. The van der Waals surface area contributed by atoms with Crippen molar-refractivity contribution < 1.29 is 18.8 Å². The Balaban J connectivity index is 1.46. The molecule has 0 bridgehead atoms. The number of morpholine rings is 1. The Morgan fingerprint density at radius 3 is 2.77 bits per heavy atom. The highest BCUT2D eigenvalue weighted by Gasteiger charge is 2.43. The molecule has 0 saturated carbocycles. The maximum absolute atomic E-state index is 12.1. The second-order valence-corrected chi connectivity index (χ2v) is 7.46. The van der Waals surface area contributed by atoms with Crippen LogP contribution in [0.1, 0.15) is 32.1 Å². The molecule has 3 saturated heterocycles. The molecule has 0 amide bonds. The lowest BCUT2D eigenvalue weighted by Gasteiger charge is -2.51. The molecule has 0 unspecified atom stereocenters. The number of esters is 1. The van der Waals surface area contributed by atoms with E-state index >= 15 is 0 Å². The van der Waals surface area contributed by atoms with E-state index in [-0.39, 0.29) is 5.97 Å². The minimum Gasteiger partial charge on any atom is -0.464 e. The van der Waals surface area contributed by atoms with Gasteiger partial charge in [0.15, 0.2) is 0 Å². The van der Waals surface area contributed by atoms with E-state index in [2.05, 4.69) is 11.9 Å². The molecule has 3 aliphatic heterocycles. The molecule has 3 rings (SSSR count). The van der Waals surface area contributed by atoms with Gasteiger partial charge in [0.1, 0.15) is 0 Å². The molecule has 0 aromatic carbocycles.